The van der Waals surface area contributed by atoms with Crippen LogP contribution in [0.1, 0.15) is 239 Å². The number of ether oxygens (including phenoxy) is 3. The van der Waals surface area contributed by atoms with Crippen LogP contribution < -0.4 is 0 Å². The van der Waals surface area contributed by atoms with Gasteiger partial charge < -0.3 is 14.2 Å². The molecule has 0 aliphatic rings. The fourth-order valence-corrected chi connectivity index (χ4v) is 7.45. The lowest BCUT2D eigenvalue weighted by Gasteiger charge is -2.18. The minimum absolute atomic E-state index is 0.106. The van der Waals surface area contributed by atoms with Gasteiger partial charge in [-0.1, -0.05) is 231 Å². The van der Waals surface area contributed by atoms with Crippen LogP contribution in [0.2, 0.25) is 0 Å². The van der Waals surface area contributed by atoms with E-state index in [1.807, 2.05) is 0 Å². The molecule has 0 radical (unpaired) electrons. The van der Waals surface area contributed by atoms with Gasteiger partial charge in [-0.2, -0.15) is 0 Å². The molecule has 6 nitrogen and oxygen atoms in total. The molecule has 6 heteroatoms. The van der Waals surface area contributed by atoms with Gasteiger partial charge in [-0.05, 0) is 135 Å². The number of unbranched alkanes of at least 4 members (excludes halogenated alkanes) is 16. The van der Waals surface area contributed by atoms with Crippen LogP contribution in [0, 0.1) is 0 Å². The van der Waals surface area contributed by atoms with Gasteiger partial charge in [-0.25, -0.2) is 0 Å². The SMILES string of the molecule is CC/C=C\C/C=C\C/C=C\C/C=C\C/C=C\C/C=C\CCCCCCCCC(=O)OCC(COC(=O)CCCCCCC/C=C\CCCC)OC(=O)CCCCC/C=C\C/C=C\C/C=C\C/C=C\C/C=C\CC. The number of esters is 3. The Balaban J connectivity index is 4.44. The molecule has 0 saturated carbocycles. The zero-order valence-electron chi connectivity index (χ0n) is 46.8. The Labute approximate surface area is 448 Å². The monoisotopic (exact) mass is 1010 g/mol. The third-order valence-corrected chi connectivity index (χ3v) is 11.8. The summed E-state index contributed by atoms with van der Waals surface area (Å²) in [4.78, 5) is 38.1. The second-order valence-corrected chi connectivity index (χ2v) is 18.8. The minimum atomic E-state index is -0.812. The lowest BCUT2D eigenvalue weighted by molar-refractivity contribution is -0.167. The predicted octanol–water partition coefficient (Wildman–Crippen LogP) is 20.0. The largest absolute Gasteiger partial charge is 0.462 e. The molecule has 1 atom stereocenters. The first-order chi connectivity index (χ1) is 36.0. The van der Waals surface area contributed by atoms with Crippen LogP contribution in [0.25, 0.3) is 0 Å². The van der Waals surface area contributed by atoms with E-state index < -0.39 is 6.10 Å². The highest BCUT2D eigenvalue weighted by Gasteiger charge is 2.19. The van der Waals surface area contributed by atoms with Crippen molar-refractivity contribution in [1.82, 2.24) is 0 Å². The second-order valence-electron chi connectivity index (χ2n) is 18.8. The summed E-state index contributed by atoms with van der Waals surface area (Å²) in [6.07, 6.45) is 85.5. The highest BCUT2D eigenvalue weighted by Crippen LogP contribution is 2.13. The van der Waals surface area contributed by atoms with E-state index in [4.69, 9.17) is 14.2 Å². The first kappa shape index (κ1) is 68.3. The van der Waals surface area contributed by atoms with Crippen molar-refractivity contribution in [2.75, 3.05) is 13.2 Å². The third-order valence-electron chi connectivity index (χ3n) is 11.8. The molecule has 0 rings (SSSR count). The van der Waals surface area contributed by atoms with E-state index >= 15 is 0 Å². The average Bonchev–Trinajstić information content (AvgIpc) is 3.39. The topological polar surface area (TPSA) is 78.9 Å². The zero-order valence-corrected chi connectivity index (χ0v) is 46.8. The van der Waals surface area contributed by atoms with Gasteiger partial charge in [0.25, 0.3) is 0 Å². The molecule has 0 aromatic rings. The Kier molecular flexibility index (Phi) is 56.0. The minimum Gasteiger partial charge on any atom is -0.462 e. The Morgan fingerprint density at radius 2 is 0.534 bits per heavy atom. The molecule has 0 bridgehead atoms. The summed E-state index contributed by atoms with van der Waals surface area (Å²) in [5.41, 5.74) is 0. The second kappa shape index (κ2) is 59.8. The summed E-state index contributed by atoms with van der Waals surface area (Å²) < 4.78 is 16.8. The first-order valence-electron chi connectivity index (χ1n) is 29.3. The molecule has 0 saturated heterocycles. The molecule has 0 amide bonds. The Morgan fingerprint density at radius 3 is 0.863 bits per heavy atom. The Morgan fingerprint density at radius 1 is 0.288 bits per heavy atom. The van der Waals surface area contributed by atoms with Crippen LogP contribution in [0.5, 0.6) is 0 Å². The normalized spacial score (nSPS) is 13.2. The number of carbonyl (C=O) groups is 3. The molecule has 1 unspecified atom stereocenters. The predicted molar refractivity (Wildman–Crippen MR) is 315 cm³/mol. The van der Waals surface area contributed by atoms with Crippen LogP contribution in [0.3, 0.4) is 0 Å². The van der Waals surface area contributed by atoms with Crippen molar-refractivity contribution in [2.24, 2.45) is 0 Å². The summed E-state index contributed by atoms with van der Waals surface area (Å²) in [5.74, 6) is -0.969. The molecule has 0 aliphatic heterocycles. The lowest BCUT2D eigenvalue weighted by atomic mass is 10.1. The maximum absolute atomic E-state index is 12.9. The smallest absolute Gasteiger partial charge is 0.306 e. The number of hydrogen-bond donors (Lipinski definition) is 0. The molecule has 0 heterocycles. The average molecular weight is 1010 g/mol. The van der Waals surface area contributed by atoms with E-state index in [0.29, 0.717) is 19.3 Å². The van der Waals surface area contributed by atoms with Gasteiger partial charge in [0.2, 0.25) is 0 Å². The summed E-state index contributed by atoms with van der Waals surface area (Å²) in [5, 5.41) is 0. The molecular weight excluding hydrogens is 901 g/mol. The number of allylic oxidation sites excluding steroid dienone is 24. The van der Waals surface area contributed by atoms with Crippen molar-refractivity contribution in [3.63, 3.8) is 0 Å². The molecule has 0 aromatic carbocycles. The third kappa shape index (κ3) is 58.1. The summed E-state index contributed by atoms with van der Waals surface area (Å²) >= 11 is 0. The Hall–Kier alpha value is -4.71. The van der Waals surface area contributed by atoms with Crippen molar-refractivity contribution in [2.45, 2.75) is 245 Å². The lowest BCUT2D eigenvalue weighted by Crippen LogP contribution is -2.30. The van der Waals surface area contributed by atoms with Gasteiger partial charge in [0.1, 0.15) is 13.2 Å². The van der Waals surface area contributed by atoms with E-state index in [1.165, 1.54) is 38.5 Å². The Bertz CT molecular complexity index is 1630. The molecule has 0 spiro atoms. The van der Waals surface area contributed by atoms with Crippen LogP contribution in [-0.4, -0.2) is 37.2 Å². The molecule has 0 aliphatic carbocycles. The zero-order chi connectivity index (χ0) is 52.9. The summed E-state index contributed by atoms with van der Waals surface area (Å²) in [6.45, 7) is 6.31. The molecule has 0 N–H and O–H groups in total. The summed E-state index contributed by atoms with van der Waals surface area (Å²) in [6, 6.07) is 0. The van der Waals surface area contributed by atoms with Crippen molar-refractivity contribution in [1.29, 1.82) is 0 Å². The number of rotatable bonds is 51. The van der Waals surface area contributed by atoms with Crippen molar-refractivity contribution >= 4 is 17.9 Å². The van der Waals surface area contributed by atoms with Crippen molar-refractivity contribution < 1.29 is 28.6 Å². The maximum Gasteiger partial charge on any atom is 0.306 e. The van der Waals surface area contributed by atoms with Crippen LogP contribution in [-0.2, 0) is 28.6 Å². The van der Waals surface area contributed by atoms with Crippen molar-refractivity contribution in [3.05, 3.63) is 146 Å². The summed E-state index contributed by atoms with van der Waals surface area (Å²) in [7, 11) is 0. The highest BCUT2D eigenvalue weighted by atomic mass is 16.6. The van der Waals surface area contributed by atoms with Crippen LogP contribution in [0.4, 0.5) is 0 Å². The van der Waals surface area contributed by atoms with E-state index in [0.717, 1.165) is 154 Å². The fraction of sp³-hybridized carbons (Fsp3) is 0.597. The molecule has 0 fully saturated rings. The van der Waals surface area contributed by atoms with Gasteiger partial charge in [-0.3, -0.25) is 14.4 Å². The molecule has 0 aromatic heterocycles. The maximum atomic E-state index is 12.9. The molecule has 73 heavy (non-hydrogen) atoms. The molecular formula is C67H106O6. The number of hydrogen-bond acceptors (Lipinski definition) is 6. The first-order valence-corrected chi connectivity index (χ1v) is 29.3. The van der Waals surface area contributed by atoms with E-state index in [9.17, 15) is 14.4 Å². The molecule has 410 valence electrons. The highest BCUT2D eigenvalue weighted by molar-refractivity contribution is 5.71. The van der Waals surface area contributed by atoms with E-state index in [-0.39, 0.29) is 37.5 Å². The van der Waals surface area contributed by atoms with Crippen LogP contribution in [0.15, 0.2) is 146 Å². The van der Waals surface area contributed by atoms with E-state index in [1.54, 1.807) is 0 Å². The van der Waals surface area contributed by atoms with Crippen LogP contribution >= 0.6 is 0 Å². The number of carbonyl (C=O) groups excluding carboxylic acids is 3. The quantitative estimate of drug-likeness (QED) is 0.0261. The van der Waals surface area contributed by atoms with E-state index in [2.05, 4.69) is 167 Å². The fourth-order valence-electron chi connectivity index (χ4n) is 7.45. The van der Waals surface area contributed by atoms with Gasteiger partial charge in [0.05, 0.1) is 0 Å². The van der Waals surface area contributed by atoms with Gasteiger partial charge in [-0.15, -0.1) is 0 Å². The van der Waals surface area contributed by atoms with Gasteiger partial charge in [0.15, 0.2) is 6.10 Å². The van der Waals surface area contributed by atoms with Gasteiger partial charge in [0, 0.05) is 19.3 Å². The van der Waals surface area contributed by atoms with Crippen molar-refractivity contribution in [3.8, 4) is 0 Å². The van der Waals surface area contributed by atoms with Gasteiger partial charge >= 0.3 is 17.9 Å². The standard InChI is InChI=1S/C67H106O6/c1-4-7-10-13-16-19-22-24-26-28-30-31-32-33-34-35-37-38-40-42-45-48-51-54-57-60-66(69)72-63-64(62-71-65(68)59-56-53-50-47-44-21-18-15-12-9-6-3)73-67(70)61-58-55-52-49-46-43-41-39-36-29-27-25-23-20-17-14-11-8-5-2/h7-8,10-11,15-20,24-27,30-31,33-34,36-39,43,46,64H,4-6,9,12-14,21-23,28-29,32,35,40-42,44-45,47-63H2,1-3H3/b10-7-,11-8-,18-15-,19-16-,20-17-,26-24-,27-25-,31-30-,34-33-,38-37-,39-36-,46-43-.